The maximum atomic E-state index is 5.79. The van der Waals surface area contributed by atoms with E-state index in [0.717, 1.165) is 22.1 Å². The van der Waals surface area contributed by atoms with Gasteiger partial charge in [-0.05, 0) is 12.1 Å². The first-order valence-electron chi connectivity index (χ1n) is 4.57. The van der Waals surface area contributed by atoms with Gasteiger partial charge in [0.25, 0.3) is 0 Å². The molecule has 5 heteroatoms. The van der Waals surface area contributed by atoms with Crippen LogP contribution in [0.15, 0.2) is 23.6 Å². The number of halogens is 1. The second kappa shape index (κ2) is 4.72. The highest BCUT2D eigenvalue weighted by Gasteiger charge is 2.07. The number of benzene rings is 1. The van der Waals surface area contributed by atoms with E-state index < -0.39 is 0 Å². The molecular formula is C11H10ClNO2S. The molecule has 1 aromatic heterocycles. The average molecular weight is 256 g/mol. The third-order valence-corrected chi connectivity index (χ3v) is 3.29. The molecule has 3 nitrogen and oxygen atoms in total. The number of rotatable bonds is 3. The Morgan fingerprint density at radius 3 is 2.19 bits per heavy atom. The monoisotopic (exact) mass is 255 g/mol. The molecule has 1 heterocycles. The molecule has 2 aromatic rings. The summed E-state index contributed by atoms with van der Waals surface area (Å²) < 4.78 is 10.4. The van der Waals surface area contributed by atoms with Crippen LogP contribution in [-0.2, 0) is 0 Å². The van der Waals surface area contributed by atoms with Gasteiger partial charge in [0, 0.05) is 17.0 Å². The average Bonchev–Trinajstić information content (AvgIpc) is 2.75. The number of ether oxygens (including phenoxy) is 2. The highest BCUT2D eigenvalue weighted by Crippen LogP contribution is 2.32. The van der Waals surface area contributed by atoms with Crippen molar-refractivity contribution in [3.05, 3.63) is 28.7 Å². The van der Waals surface area contributed by atoms with E-state index in [9.17, 15) is 0 Å². The molecule has 0 N–H and O–H groups in total. The Kier molecular flexibility index (Phi) is 3.31. The van der Waals surface area contributed by atoms with Crippen LogP contribution in [-0.4, -0.2) is 19.2 Å². The lowest BCUT2D eigenvalue weighted by molar-refractivity contribution is 0.394. The molecule has 0 aliphatic carbocycles. The molecule has 0 saturated carbocycles. The molecule has 0 atom stereocenters. The van der Waals surface area contributed by atoms with Crippen LogP contribution in [0.1, 0.15) is 0 Å². The minimum Gasteiger partial charge on any atom is -0.497 e. The maximum absolute atomic E-state index is 5.79. The minimum absolute atomic E-state index is 0.502. The molecule has 0 fully saturated rings. The first kappa shape index (κ1) is 11.2. The van der Waals surface area contributed by atoms with Gasteiger partial charge in [-0.2, -0.15) is 0 Å². The van der Waals surface area contributed by atoms with Crippen molar-refractivity contribution in [3.63, 3.8) is 0 Å². The largest absolute Gasteiger partial charge is 0.497 e. The molecule has 84 valence electrons. The molecule has 0 spiro atoms. The van der Waals surface area contributed by atoms with Crippen molar-refractivity contribution >= 4 is 22.9 Å². The van der Waals surface area contributed by atoms with Gasteiger partial charge in [0.2, 0.25) is 0 Å². The Hall–Kier alpha value is -1.26. The van der Waals surface area contributed by atoms with E-state index in [1.807, 2.05) is 18.2 Å². The summed E-state index contributed by atoms with van der Waals surface area (Å²) >= 11 is 7.28. The van der Waals surface area contributed by atoms with Crippen LogP contribution in [0, 0.1) is 0 Å². The van der Waals surface area contributed by atoms with E-state index in [0.29, 0.717) is 5.15 Å². The van der Waals surface area contributed by atoms with Crippen LogP contribution in [0.25, 0.3) is 10.6 Å². The third kappa shape index (κ3) is 2.28. The lowest BCUT2D eigenvalue weighted by Crippen LogP contribution is -1.88. The quantitative estimate of drug-likeness (QED) is 0.841. The summed E-state index contributed by atoms with van der Waals surface area (Å²) in [6.07, 6.45) is 0. The summed E-state index contributed by atoms with van der Waals surface area (Å²) in [5.74, 6) is 1.47. The van der Waals surface area contributed by atoms with Gasteiger partial charge in [0.1, 0.15) is 21.7 Å². The van der Waals surface area contributed by atoms with Gasteiger partial charge >= 0.3 is 0 Å². The van der Waals surface area contributed by atoms with Crippen molar-refractivity contribution in [1.82, 2.24) is 4.98 Å². The topological polar surface area (TPSA) is 31.4 Å². The van der Waals surface area contributed by atoms with Gasteiger partial charge in [0.15, 0.2) is 0 Å². The van der Waals surface area contributed by atoms with Crippen LogP contribution >= 0.6 is 22.9 Å². The molecule has 1 aromatic carbocycles. The molecular weight excluding hydrogens is 246 g/mol. The molecule has 0 saturated heterocycles. The van der Waals surface area contributed by atoms with E-state index >= 15 is 0 Å². The molecule has 0 bridgehead atoms. The lowest BCUT2D eigenvalue weighted by Gasteiger charge is -2.06. The normalized spacial score (nSPS) is 10.2. The van der Waals surface area contributed by atoms with Crippen molar-refractivity contribution in [3.8, 4) is 22.1 Å². The maximum Gasteiger partial charge on any atom is 0.140 e. The molecule has 0 amide bonds. The lowest BCUT2D eigenvalue weighted by atomic mass is 10.2. The van der Waals surface area contributed by atoms with Crippen LogP contribution in [0.5, 0.6) is 11.5 Å². The zero-order chi connectivity index (χ0) is 11.5. The fraction of sp³-hybridized carbons (Fsp3) is 0.182. The molecule has 0 aliphatic rings. The van der Waals surface area contributed by atoms with Crippen molar-refractivity contribution in [2.24, 2.45) is 0 Å². The van der Waals surface area contributed by atoms with E-state index in [1.165, 1.54) is 11.3 Å². The van der Waals surface area contributed by atoms with Crippen LogP contribution in [0.3, 0.4) is 0 Å². The second-order valence-electron chi connectivity index (χ2n) is 3.08. The summed E-state index contributed by atoms with van der Waals surface area (Å²) in [7, 11) is 3.24. The zero-order valence-corrected chi connectivity index (χ0v) is 10.4. The van der Waals surface area contributed by atoms with Gasteiger partial charge in [-0.1, -0.05) is 11.6 Å². The van der Waals surface area contributed by atoms with E-state index in [-0.39, 0.29) is 0 Å². The molecule has 0 radical (unpaired) electrons. The predicted molar refractivity (Wildman–Crippen MR) is 65.7 cm³/mol. The number of methoxy groups -OCH3 is 2. The number of nitrogens with zero attached hydrogens (tertiary/aromatic N) is 1. The SMILES string of the molecule is COc1cc(OC)cc(-c2nc(Cl)cs2)c1. The molecule has 2 rings (SSSR count). The Morgan fingerprint density at radius 1 is 1.12 bits per heavy atom. The highest BCUT2D eigenvalue weighted by atomic mass is 35.5. The van der Waals surface area contributed by atoms with Gasteiger partial charge in [-0.25, -0.2) is 4.98 Å². The van der Waals surface area contributed by atoms with Crippen LogP contribution in [0.2, 0.25) is 5.15 Å². The van der Waals surface area contributed by atoms with Crippen molar-refractivity contribution in [2.75, 3.05) is 14.2 Å². The van der Waals surface area contributed by atoms with Gasteiger partial charge in [-0.3, -0.25) is 0 Å². The van der Waals surface area contributed by atoms with Crippen molar-refractivity contribution < 1.29 is 9.47 Å². The Bertz CT molecular complexity index is 476. The minimum atomic E-state index is 0.502. The van der Waals surface area contributed by atoms with Crippen LogP contribution in [0.4, 0.5) is 0 Å². The Labute approximate surface area is 103 Å². The number of hydrogen-bond donors (Lipinski definition) is 0. The smallest absolute Gasteiger partial charge is 0.140 e. The first-order valence-corrected chi connectivity index (χ1v) is 5.83. The number of thiazole rings is 1. The summed E-state index contributed by atoms with van der Waals surface area (Å²) in [6, 6.07) is 5.62. The molecule has 0 unspecified atom stereocenters. The number of aromatic nitrogens is 1. The van der Waals surface area contributed by atoms with Gasteiger partial charge in [0.05, 0.1) is 14.2 Å². The Morgan fingerprint density at radius 2 is 1.75 bits per heavy atom. The van der Waals surface area contributed by atoms with Gasteiger partial charge in [-0.15, -0.1) is 11.3 Å². The standard InChI is InChI=1S/C11H10ClNO2S/c1-14-8-3-7(4-9(5-8)15-2)11-13-10(12)6-16-11/h3-6H,1-2H3. The highest BCUT2D eigenvalue weighted by molar-refractivity contribution is 7.13. The fourth-order valence-electron chi connectivity index (χ4n) is 1.32. The van der Waals surface area contributed by atoms with Crippen LogP contribution < -0.4 is 9.47 Å². The summed E-state index contributed by atoms with van der Waals surface area (Å²) in [5.41, 5.74) is 0.938. The summed E-state index contributed by atoms with van der Waals surface area (Å²) in [5, 5.41) is 3.15. The zero-order valence-electron chi connectivity index (χ0n) is 8.86. The first-order chi connectivity index (χ1) is 7.72. The predicted octanol–water partition coefficient (Wildman–Crippen LogP) is 3.48. The number of hydrogen-bond acceptors (Lipinski definition) is 4. The van der Waals surface area contributed by atoms with Crippen molar-refractivity contribution in [2.45, 2.75) is 0 Å². The Balaban J connectivity index is 2.47. The van der Waals surface area contributed by atoms with E-state index in [1.54, 1.807) is 19.6 Å². The van der Waals surface area contributed by atoms with Gasteiger partial charge < -0.3 is 9.47 Å². The second-order valence-corrected chi connectivity index (χ2v) is 4.32. The third-order valence-electron chi connectivity index (χ3n) is 2.07. The van der Waals surface area contributed by atoms with E-state index in [2.05, 4.69) is 4.98 Å². The van der Waals surface area contributed by atoms with E-state index in [4.69, 9.17) is 21.1 Å². The fourth-order valence-corrected chi connectivity index (χ4v) is 2.25. The summed E-state index contributed by atoms with van der Waals surface area (Å²) in [4.78, 5) is 4.20. The summed E-state index contributed by atoms with van der Waals surface area (Å²) in [6.45, 7) is 0. The molecule has 16 heavy (non-hydrogen) atoms. The van der Waals surface area contributed by atoms with Crippen molar-refractivity contribution in [1.29, 1.82) is 0 Å². The molecule has 0 aliphatic heterocycles.